The van der Waals surface area contributed by atoms with Crippen LogP contribution in [0.25, 0.3) is 0 Å². The van der Waals surface area contributed by atoms with E-state index in [2.05, 4.69) is 25.2 Å². The third kappa shape index (κ3) is 2.82. The van der Waals surface area contributed by atoms with Crippen molar-refractivity contribution in [1.82, 2.24) is 29.9 Å². The van der Waals surface area contributed by atoms with Crippen LogP contribution in [0.3, 0.4) is 0 Å². The number of fused-ring (bicyclic) bond motifs is 1. The molecule has 0 spiro atoms. The van der Waals surface area contributed by atoms with E-state index in [1.54, 1.807) is 10.9 Å². The molecule has 2 aromatic rings. The molecule has 0 unspecified atom stereocenters. The lowest BCUT2D eigenvalue weighted by atomic mass is 10.0. The van der Waals surface area contributed by atoms with Gasteiger partial charge in [0.25, 0.3) is 0 Å². The van der Waals surface area contributed by atoms with Gasteiger partial charge in [-0.05, 0) is 25.7 Å². The van der Waals surface area contributed by atoms with Crippen molar-refractivity contribution in [3.05, 3.63) is 24.0 Å². The second-order valence-electron chi connectivity index (χ2n) is 6.58. The molecular formula is C16H23N7O. The quantitative estimate of drug-likeness (QED) is 0.890. The second-order valence-corrected chi connectivity index (χ2v) is 6.58. The summed E-state index contributed by atoms with van der Waals surface area (Å²) in [5, 5.41) is 16.1. The Hall–Kier alpha value is -2.22. The number of anilines is 1. The number of carbonyl (C=O) groups excluding carboxylic acids is 1. The zero-order chi connectivity index (χ0) is 16.5. The fourth-order valence-corrected chi connectivity index (χ4v) is 3.58. The molecule has 1 amide bonds. The van der Waals surface area contributed by atoms with Gasteiger partial charge >= 0.3 is 0 Å². The zero-order valence-electron chi connectivity index (χ0n) is 14.0. The van der Waals surface area contributed by atoms with Crippen molar-refractivity contribution in [2.24, 2.45) is 7.05 Å². The predicted molar refractivity (Wildman–Crippen MR) is 88.4 cm³/mol. The van der Waals surface area contributed by atoms with Crippen LogP contribution < -0.4 is 10.2 Å². The van der Waals surface area contributed by atoms with Gasteiger partial charge in [0.2, 0.25) is 5.91 Å². The number of nitrogens with one attached hydrogen (secondary N) is 1. The first-order chi connectivity index (χ1) is 11.7. The molecular weight excluding hydrogens is 306 g/mol. The normalized spacial score (nSPS) is 21.1. The topological polar surface area (TPSA) is 80.9 Å². The third-order valence-electron chi connectivity index (χ3n) is 4.88. The molecule has 0 radical (unpaired) electrons. The monoisotopic (exact) mass is 329 g/mol. The van der Waals surface area contributed by atoms with Gasteiger partial charge in [-0.3, -0.25) is 14.8 Å². The minimum atomic E-state index is -0.171. The Bertz CT molecular complexity index is 735. The summed E-state index contributed by atoms with van der Waals surface area (Å²) in [7, 11) is 1.86. The van der Waals surface area contributed by atoms with Gasteiger partial charge in [0, 0.05) is 32.8 Å². The van der Waals surface area contributed by atoms with Crippen LogP contribution in [-0.4, -0.2) is 43.0 Å². The molecule has 8 heteroatoms. The highest BCUT2D eigenvalue weighted by Crippen LogP contribution is 2.21. The van der Waals surface area contributed by atoms with Crippen LogP contribution in [0.15, 0.2) is 12.4 Å². The maximum absolute atomic E-state index is 12.8. The Kier molecular flexibility index (Phi) is 4.05. The Morgan fingerprint density at radius 3 is 3.00 bits per heavy atom. The minimum absolute atomic E-state index is 0.118. The number of aromatic nitrogens is 5. The Balaban J connectivity index is 1.43. The Morgan fingerprint density at radius 1 is 1.25 bits per heavy atom. The summed E-state index contributed by atoms with van der Waals surface area (Å²) in [6, 6.07) is -0.171. The summed E-state index contributed by atoms with van der Waals surface area (Å²) in [5.74, 6) is 2.13. The molecule has 128 valence electrons. The van der Waals surface area contributed by atoms with Crippen molar-refractivity contribution in [3.8, 4) is 0 Å². The third-order valence-corrected chi connectivity index (χ3v) is 4.88. The summed E-state index contributed by atoms with van der Waals surface area (Å²) in [4.78, 5) is 14.6. The van der Waals surface area contributed by atoms with Gasteiger partial charge in [-0.2, -0.15) is 5.10 Å². The lowest BCUT2D eigenvalue weighted by Crippen LogP contribution is -2.50. The molecule has 0 aliphatic carbocycles. The van der Waals surface area contributed by atoms with Gasteiger partial charge < -0.3 is 9.47 Å². The molecule has 8 nitrogen and oxygen atoms in total. The van der Waals surface area contributed by atoms with E-state index in [4.69, 9.17) is 0 Å². The zero-order valence-corrected chi connectivity index (χ0v) is 14.0. The van der Waals surface area contributed by atoms with Crippen LogP contribution in [-0.2, 0) is 31.4 Å². The number of carbonyl (C=O) groups is 1. The summed E-state index contributed by atoms with van der Waals surface area (Å²) >= 11 is 0. The maximum atomic E-state index is 12.8. The lowest BCUT2D eigenvalue weighted by molar-refractivity contribution is -0.121. The van der Waals surface area contributed by atoms with Crippen molar-refractivity contribution < 1.29 is 4.79 Å². The van der Waals surface area contributed by atoms with E-state index >= 15 is 0 Å². The van der Waals surface area contributed by atoms with E-state index in [9.17, 15) is 4.79 Å². The highest BCUT2D eigenvalue weighted by atomic mass is 16.2. The molecule has 4 heterocycles. The van der Waals surface area contributed by atoms with Gasteiger partial charge in [-0.1, -0.05) is 0 Å². The van der Waals surface area contributed by atoms with Crippen molar-refractivity contribution in [1.29, 1.82) is 0 Å². The minimum Gasteiger partial charge on any atom is -0.314 e. The van der Waals surface area contributed by atoms with E-state index in [-0.39, 0.29) is 11.9 Å². The number of rotatable bonds is 4. The maximum Gasteiger partial charge on any atom is 0.244 e. The largest absolute Gasteiger partial charge is 0.314 e. The Morgan fingerprint density at radius 2 is 2.17 bits per heavy atom. The summed E-state index contributed by atoms with van der Waals surface area (Å²) in [5.41, 5.74) is 0.869. The van der Waals surface area contributed by atoms with Crippen LogP contribution in [0.2, 0.25) is 0 Å². The van der Waals surface area contributed by atoms with Crippen LogP contribution >= 0.6 is 0 Å². The molecule has 2 aromatic heterocycles. The average Bonchev–Trinajstić information content (AvgIpc) is 3.20. The number of nitrogens with zero attached hydrogens (tertiary/aromatic N) is 6. The molecule has 1 fully saturated rings. The number of hydrogen-bond acceptors (Lipinski definition) is 5. The van der Waals surface area contributed by atoms with E-state index in [0.29, 0.717) is 6.54 Å². The number of piperidine rings is 1. The van der Waals surface area contributed by atoms with Crippen LogP contribution in [0.4, 0.5) is 5.69 Å². The first-order valence-electron chi connectivity index (χ1n) is 8.67. The number of aryl methyl sites for hydroxylation is 2. The van der Waals surface area contributed by atoms with Gasteiger partial charge in [-0.15, -0.1) is 10.2 Å². The highest BCUT2D eigenvalue weighted by molar-refractivity contribution is 5.97. The van der Waals surface area contributed by atoms with Crippen LogP contribution in [0, 0.1) is 0 Å². The second kappa shape index (κ2) is 6.35. The molecule has 0 bridgehead atoms. The summed E-state index contributed by atoms with van der Waals surface area (Å²) in [6.07, 6.45) is 8.84. The fraction of sp³-hybridized carbons (Fsp3) is 0.625. The van der Waals surface area contributed by atoms with Crippen molar-refractivity contribution in [2.75, 3.05) is 11.4 Å². The number of hydrogen-bond donors (Lipinski definition) is 1. The SMILES string of the molecule is Cn1cc(N2CCC[C@H](NCc3nnc4n3CCCC4)C2=O)cn1. The first-order valence-corrected chi connectivity index (χ1v) is 8.67. The molecule has 1 N–H and O–H groups in total. The van der Waals surface area contributed by atoms with Gasteiger partial charge in [-0.25, -0.2) is 0 Å². The van der Waals surface area contributed by atoms with E-state index in [0.717, 1.165) is 49.7 Å². The van der Waals surface area contributed by atoms with Crippen molar-refractivity contribution in [2.45, 2.75) is 51.2 Å². The van der Waals surface area contributed by atoms with Gasteiger partial charge in [0.05, 0.1) is 24.5 Å². The molecule has 1 saturated heterocycles. The molecule has 4 rings (SSSR count). The summed E-state index contributed by atoms with van der Waals surface area (Å²) < 4.78 is 3.92. The first kappa shape index (κ1) is 15.3. The Labute approximate surface area is 140 Å². The lowest BCUT2D eigenvalue weighted by Gasteiger charge is -2.31. The molecule has 0 saturated carbocycles. The molecule has 2 aliphatic rings. The fourth-order valence-electron chi connectivity index (χ4n) is 3.58. The van der Waals surface area contributed by atoms with E-state index in [1.165, 1.54) is 12.8 Å². The van der Waals surface area contributed by atoms with Crippen molar-refractivity contribution >= 4 is 11.6 Å². The van der Waals surface area contributed by atoms with E-state index < -0.39 is 0 Å². The predicted octanol–water partition coefficient (Wildman–Crippen LogP) is 0.633. The number of amides is 1. The standard InChI is InChI=1S/C16H23N7O/c1-21-11-12(9-18-21)22-8-4-5-13(16(22)24)17-10-15-20-19-14-6-2-3-7-23(14)15/h9,11,13,17H,2-8,10H2,1H3/t13-/m0/s1. The highest BCUT2D eigenvalue weighted by Gasteiger charge is 2.30. The molecule has 0 aromatic carbocycles. The molecule has 1 atom stereocenters. The van der Waals surface area contributed by atoms with Gasteiger partial charge in [0.1, 0.15) is 11.6 Å². The van der Waals surface area contributed by atoms with E-state index in [1.807, 2.05) is 18.1 Å². The smallest absolute Gasteiger partial charge is 0.244 e. The molecule has 2 aliphatic heterocycles. The van der Waals surface area contributed by atoms with Crippen LogP contribution in [0.5, 0.6) is 0 Å². The molecule has 24 heavy (non-hydrogen) atoms. The summed E-state index contributed by atoms with van der Waals surface area (Å²) in [6.45, 7) is 2.33. The van der Waals surface area contributed by atoms with Gasteiger partial charge in [0.15, 0.2) is 0 Å². The van der Waals surface area contributed by atoms with Crippen molar-refractivity contribution in [3.63, 3.8) is 0 Å². The average molecular weight is 329 g/mol. The van der Waals surface area contributed by atoms with Crippen LogP contribution in [0.1, 0.15) is 37.3 Å².